The number of aliphatic hydroxyl groups is 1. The van der Waals surface area contributed by atoms with Gasteiger partial charge >= 0.3 is 0 Å². The molecule has 6 nitrogen and oxygen atoms in total. The van der Waals surface area contributed by atoms with Gasteiger partial charge in [-0.2, -0.15) is 0 Å². The number of hydrogen-bond donors (Lipinski definition) is 1. The molecule has 0 bridgehead atoms. The number of hydrogen-bond acceptors (Lipinski definition) is 5. The second-order valence-corrected chi connectivity index (χ2v) is 6.12. The van der Waals surface area contributed by atoms with Crippen LogP contribution in [0.5, 0.6) is 0 Å². The van der Waals surface area contributed by atoms with Crippen LogP contribution < -0.4 is 0 Å². The van der Waals surface area contributed by atoms with Crippen molar-refractivity contribution in [3.8, 4) is 11.3 Å². The molecule has 1 fully saturated rings. The average molecular weight is 315 g/mol. The second-order valence-electron chi connectivity index (χ2n) is 6.12. The Kier molecular flexibility index (Phi) is 4.71. The first kappa shape index (κ1) is 15.7. The van der Waals surface area contributed by atoms with Gasteiger partial charge in [0.25, 0.3) is 5.91 Å². The highest BCUT2D eigenvalue weighted by molar-refractivity contribution is 5.92. The molecule has 0 aromatic carbocycles. The maximum atomic E-state index is 12.5. The molecule has 0 spiro atoms. The minimum atomic E-state index is -0.317. The molecule has 122 valence electrons. The molecule has 0 aliphatic heterocycles. The Labute approximate surface area is 135 Å². The van der Waals surface area contributed by atoms with Gasteiger partial charge in [-0.05, 0) is 25.0 Å². The zero-order valence-corrected chi connectivity index (χ0v) is 13.2. The van der Waals surface area contributed by atoms with E-state index < -0.39 is 0 Å². The molecule has 0 saturated heterocycles. The van der Waals surface area contributed by atoms with Crippen LogP contribution in [0.4, 0.5) is 0 Å². The SMILES string of the molecule is CN(CC1CCCCC1O)C(=O)c1cc(-c2cccnc2)on1. The molecule has 2 heterocycles. The smallest absolute Gasteiger partial charge is 0.275 e. The van der Waals surface area contributed by atoms with Crippen molar-refractivity contribution < 1.29 is 14.4 Å². The Bertz CT molecular complexity index is 656. The lowest BCUT2D eigenvalue weighted by atomic mass is 9.86. The van der Waals surface area contributed by atoms with E-state index in [9.17, 15) is 9.90 Å². The average Bonchev–Trinajstić information content (AvgIpc) is 3.07. The number of aromatic nitrogens is 2. The molecule has 0 radical (unpaired) electrons. The zero-order chi connectivity index (χ0) is 16.2. The number of carbonyl (C=O) groups excluding carboxylic acids is 1. The number of carbonyl (C=O) groups is 1. The summed E-state index contributed by atoms with van der Waals surface area (Å²) in [6, 6.07) is 5.28. The van der Waals surface area contributed by atoms with E-state index in [0.29, 0.717) is 12.3 Å². The highest BCUT2D eigenvalue weighted by Gasteiger charge is 2.27. The predicted molar refractivity (Wildman–Crippen MR) is 84.7 cm³/mol. The van der Waals surface area contributed by atoms with Gasteiger partial charge in [0.05, 0.1) is 6.10 Å². The number of amides is 1. The third-order valence-corrected chi connectivity index (χ3v) is 4.40. The number of aliphatic hydroxyl groups excluding tert-OH is 1. The van der Waals surface area contributed by atoms with Gasteiger partial charge in [-0.15, -0.1) is 0 Å². The molecule has 1 N–H and O–H groups in total. The van der Waals surface area contributed by atoms with Crippen molar-refractivity contribution in [2.24, 2.45) is 5.92 Å². The van der Waals surface area contributed by atoms with Crippen LogP contribution >= 0.6 is 0 Å². The molecule has 1 aliphatic rings. The van der Waals surface area contributed by atoms with E-state index in [1.54, 1.807) is 36.5 Å². The quantitative estimate of drug-likeness (QED) is 0.937. The van der Waals surface area contributed by atoms with E-state index in [0.717, 1.165) is 31.2 Å². The van der Waals surface area contributed by atoms with Crippen LogP contribution in [0.3, 0.4) is 0 Å². The van der Waals surface area contributed by atoms with Crippen molar-refractivity contribution in [2.75, 3.05) is 13.6 Å². The first-order valence-electron chi connectivity index (χ1n) is 7.96. The highest BCUT2D eigenvalue weighted by atomic mass is 16.5. The lowest BCUT2D eigenvalue weighted by Crippen LogP contribution is -2.38. The third-order valence-electron chi connectivity index (χ3n) is 4.40. The van der Waals surface area contributed by atoms with Gasteiger partial charge < -0.3 is 14.5 Å². The van der Waals surface area contributed by atoms with E-state index in [4.69, 9.17) is 4.52 Å². The van der Waals surface area contributed by atoms with Crippen LogP contribution in [0.25, 0.3) is 11.3 Å². The summed E-state index contributed by atoms with van der Waals surface area (Å²) in [5.41, 5.74) is 1.06. The van der Waals surface area contributed by atoms with Crippen molar-refractivity contribution in [1.82, 2.24) is 15.0 Å². The second kappa shape index (κ2) is 6.91. The maximum absolute atomic E-state index is 12.5. The summed E-state index contributed by atoms with van der Waals surface area (Å²) < 4.78 is 5.25. The fourth-order valence-electron chi connectivity index (χ4n) is 3.05. The van der Waals surface area contributed by atoms with Crippen molar-refractivity contribution >= 4 is 5.91 Å². The Balaban J connectivity index is 1.67. The van der Waals surface area contributed by atoms with Crippen LogP contribution in [0.15, 0.2) is 35.1 Å². The van der Waals surface area contributed by atoms with Crippen LogP contribution in [0, 0.1) is 5.92 Å². The van der Waals surface area contributed by atoms with Crippen LogP contribution in [-0.2, 0) is 0 Å². The van der Waals surface area contributed by atoms with Crippen molar-refractivity contribution in [2.45, 2.75) is 31.8 Å². The summed E-state index contributed by atoms with van der Waals surface area (Å²) in [7, 11) is 1.74. The topological polar surface area (TPSA) is 79.5 Å². The van der Waals surface area contributed by atoms with E-state index >= 15 is 0 Å². The van der Waals surface area contributed by atoms with Crippen molar-refractivity contribution in [1.29, 1.82) is 0 Å². The monoisotopic (exact) mass is 315 g/mol. The van der Waals surface area contributed by atoms with E-state index in [-0.39, 0.29) is 23.6 Å². The Morgan fingerprint density at radius 1 is 1.43 bits per heavy atom. The molecule has 1 aliphatic carbocycles. The Morgan fingerprint density at radius 3 is 3.00 bits per heavy atom. The van der Waals surface area contributed by atoms with E-state index in [1.807, 2.05) is 6.07 Å². The third kappa shape index (κ3) is 3.59. The minimum absolute atomic E-state index is 0.141. The summed E-state index contributed by atoms with van der Waals surface area (Å²) in [6.45, 7) is 0.537. The largest absolute Gasteiger partial charge is 0.393 e. The lowest BCUT2D eigenvalue weighted by molar-refractivity contribution is 0.0447. The molecule has 2 unspecified atom stereocenters. The van der Waals surface area contributed by atoms with Crippen LogP contribution in [0.2, 0.25) is 0 Å². The van der Waals surface area contributed by atoms with Crippen molar-refractivity contribution in [3.63, 3.8) is 0 Å². The molecule has 23 heavy (non-hydrogen) atoms. The van der Waals surface area contributed by atoms with Gasteiger partial charge in [-0.3, -0.25) is 9.78 Å². The molecular formula is C17H21N3O3. The van der Waals surface area contributed by atoms with Crippen molar-refractivity contribution in [3.05, 3.63) is 36.3 Å². The maximum Gasteiger partial charge on any atom is 0.275 e. The summed E-state index contributed by atoms with van der Waals surface area (Å²) in [5.74, 6) is 0.469. The molecule has 3 rings (SSSR count). The van der Waals surface area contributed by atoms with Gasteiger partial charge in [0.2, 0.25) is 0 Å². The summed E-state index contributed by atoms with van der Waals surface area (Å²) in [6.07, 6.45) is 6.97. The van der Waals surface area contributed by atoms with Gasteiger partial charge in [0.1, 0.15) is 0 Å². The highest BCUT2D eigenvalue weighted by Crippen LogP contribution is 2.25. The van der Waals surface area contributed by atoms with E-state index in [1.165, 1.54) is 0 Å². The molecule has 2 aromatic heterocycles. The first-order valence-corrected chi connectivity index (χ1v) is 7.96. The first-order chi connectivity index (χ1) is 11.1. The van der Waals surface area contributed by atoms with Gasteiger partial charge in [-0.1, -0.05) is 18.0 Å². The lowest BCUT2D eigenvalue weighted by Gasteiger charge is -2.30. The summed E-state index contributed by atoms with van der Waals surface area (Å²) >= 11 is 0. The zero-order valence-electron chi connectivity index (χ0n) is 13.2. The Morgan fingerprint density at radius 2 is 2.26 bits per heavy atom. The van der Waals surface area contributed by atoms with Crippen LogP contribution in [0.1, 0.15) is 36.2 Å². The summed E-state index contributed by atoms with van der Waals surface area (Å²) in [4.78, 5) is 18.1. The Hall–Kier alpha value is -2.21. The summed E-state index contributed by atoms with van der Waals surface area (Å²) in [5, 5.41) is 13.9. The van der Waals surface area contributed by atoms with Gasteiger partial charge in [0, 0.05) is 43.5 Å². The molecule has 6 heteroatoms. The number of nitrogens with zero attached hydrogens (tertiary/aromatic N) is 3. The minimum Gasteiger partial charge on any atom is -0.393 e. The van der Waals surface area contributed by atoms with E-state index in [2.05, 4.69) is 10.1 Å². The molecular weight excluding hydrogens is 294 g/mol. The van der Waals surface area contributed by atoms with Gasteiger partial charge in [0.15, 0.2) is 11.5 Å². The predicted octanol–water partition coefficient (Wildman–Crippen LogP) is 2.36. The number of rotatable bonds is 4. The molecule has 2 aromatic rings. The molecule has 1 saturated carbocycles. The molecule has 1 amide bonds. The normalized spacial score (nSPS) is 21.1. The number of pyridine rings is 1. The fourth-order valence-corrected chi connectivity index (χ4v) is 3.05. The van der Waals surface area contributed by atoms with Gasteiger partial charge in [-0.25, -0.2) is 0 Å². The fraction of sp³-hybridized carbons (Fsp3) is 0.471. The van der Waals surface area contributed by atoms with Crippen LogP contribution in [-0.4, -0.2) is 45.8 Å². The molecule has 2 atom stereocenters. The standard InChI is InChI=1S/C17H21N3O3/c1-20(11-13-5-2-3-7-15(13)21)17(22)14-9-16(23-19-14)12-6-4-8-18-10-12/h4,6,8-10,13,15,21H,2-3,5,7,11H2,1H3.